The van der Waals surface area contributed by atoms with Gasteiger partial charge in [-0.3, -0.25) is 4.99 Å². The lowest BCUT2D eigenvalue weighted by Gasteiger charge is -2.18. The van der Waals surface area contributed by atoms with E-state index in [-0.39, 0.29) is 0 Å². The van der Waals surface area contributed by atoms with Crippen molar-refractivity contribution in [3.05, 3.63) is 34.9 Å². The number of nitrogens with zero attached hydrogens (tertiary/aromatic N) is 2. The monoisotopic (exact) mass is 302 g/mol. The molecule has 1 aromatic carbocycles. The molecule has 3 nitrogen and oxygen atoms in total. The Morgan fingerprint density at radius 1 is 1.40 bits per heavy atom. The van der Waals surface area contributed by atoms with E-state index < -0.39 is 0 Å². The van der Waals surface area contributed by atoms with Crippen molar-refractivity contribution in [2.24, 2.45) is 4.99 Å². The van der Waals surface area contributed by atoms with Crippen LogP contribution in [0.5, 0.6) is 0 Å². The first-order valence-electron chi connectivity index (χ1n) is 6.54. The van der Waals surface area contributed by atoms with E-state index in [1.807, 2.05) is 0 Å². The minimum atomic E-state index is 0.899. The quantitative estimate of drug-likeness (QED) is 0.775. The summed E-state index contributed by atoms with van der Waals surface area (Å²) in [4.78, 5) is 9.47. The van der Waals surface area contributed by atoms with Gasteiger partial charge in [0.15, 0.2) is 5.17 Å². The minimum absolute atomic E-state index is 0.899. The Labute approximate surface area is 126 Å². The van der Waals surface area contributed by atoms with E-state index in [1.165, 1.54) is 26.4 Å². The standard InChI is InChI=1S/C15H14N2OS2/c1-9-14(17-5-4-16-15(17)20-9)12-7-10(19-2)8-13-11(12)3-6-18-13/h3,6-8H,4-5H2,1-2H3. The molecular formula is C15H14N2OS2. The summed E-state index contributed by atoms with van der Waals surface area (Å²) in [5, 5.41) is 2.33. The highest BCUT2D eigenvalue weighted by molar-refractivity contribution is 8.17. The van der Waals surface area contributed by atoms with Crippen LogP contribution in [-0.2, 0) is 0 Å². The predicted molar refractivity (Wildman–Crippen MR) is 87.2 cm³/mol. The van der Waals surface area contributed by atoms with Crippen LogP contribution in [-0.4, -0.2) is 29.4 Å². The molecular weight excluding hydrogens is 288 g/mol. The van der Waals surface area contributed by atoms with Crippen LogP contribution in [0.2, 0.25) is 0 Å². The summed E-state index contributed by atoms with van der Waals surface area (Å²) in [7, 11) is 0. The van der Waals surface area contributed by atoms with Gasteiger partial charge in [0.05, 0.1) is 18.5 Å². The van der Waals surface area contributed by atoms with Crippen LogP contribution in [0.4, 0.5) is 0 Å². The van der Waals surface area contributed by atoms with Gasteiger partial charge < -0.3 is 9.32 Å². The molecule has 2 aromatic rings. The number of amidine groups is 1. The van der Waals surface area contributed by atoms with E-state index in [9.17, 15) is 0 Å². The maximum Gasteiger partial charge on any atom is 0.168 e. The molecule has 3 heterocycles. The molecule has 0 saturated heterocycles. The zero-order chi connectivity index (χ0) is 13.7. The maximum atomic E-state index is 5.62. The Hall–Kier alpha value is -1.33. The van der Waals surface area contributed by atoms with E-state index >= 15 is 0 Å². The van der Waals surface area contributed by atoms with E-state index in [4.69, 9.17) is 4.42 Å². The summed E-state index contributed by atoms with van der Waals surface area (Å²) in [5.41, 5.74) is 3.52. The Morgan fingerprint density at radius 3 is 3.15 bits per heavy atom. The van der Waals surface area contributed by atoms with E-state index in [2.05, 4.69) is 41.3 Å². The molecule has 0 saturated carbocycles. The average molecular weight is 302 g/mol. The number of allylic oxidation sites excluding steroid dienone is 1. The first kappa shape index (κ1) is 12.4. The smallest absolute Gasteiger partial charge is 0.168 e. The lowest BCUT2D eigenvalue weighted by atomic mass is 10.1. The second-order valence-electron chi connectivity index (χ2n) is 4.83. The van der Waals surface area contributed by atoms with Gasteiger partial charge >= 0.3 is 0 Å². The number of thioether (sulfide) groups is 2. The molecule has 0 spiro atoms. The highest BCUT2D eigenvalue weighted by Gasteiger charge is 2.32. The third-order valence-electron chi connectivity index (χ3n) is 3.69. The number of furan rings is 1. The fraction of sp³-hybridized carbons (Fsp3) is 0.267. The number of hydrogen-bond acceptors (Lipinski definition) is 5. The molecule has 0 atom stereocenters. The van der Waals surface area contributed by atoms with Gasteiger partial charge in [0.1, 0.15) is 5.58 Å². The van der Waals surface area contributed by atoms with Crippen molar-refractivity contribution in [1.82, 2.24) is 4.90 Å². The molecule has 5 heteroatoms. The van der Waals surface area contributed by atoms with Gasteiger partial charge in [0, 0.05) is 27.3 Å². The molecule has 20 heavy (non-hydrogen) atoms. The first-order chi connectivity index (χ1) is 9.78. The van der Waals surface area contributed by atoms with Crippen LogP contribution in [0.1, 0.15) is 12.5 Å². The summed E-state index contributed by atoms with van der Waals surface area (Å²) in [6.07, 6.45) is 3.87. The maximum absolute atomic E-state index is 5.62. The number of hydrogen-bond donors (Lipinski definition) is 0. The highest BCUT2D eigenvalue weighted by atomic mass is 32.2. The van der Waals surface area contributed by atoms with Crippen molar-refractivity contribution < 1.29 is 4.42 Å². The molecule has 0 aliphatic carbocycles. The SMILES string of the molecule is CSc1cc(C2=C(C)SC3=NCCN32)c2ccoc2c1. The molecule has 2 aliphatic rings. The summed E-state index contributed by atoms with van der Waals surface area (Å²) in [6.45, 7) is 4.06. The molecule has 0 bridgehead atoms. The van der Waals surface area contributed by atoms with Gasteiger partial charge in [-0.25, -0.2) is 0 Å². The summed E-state index contributed by atoms with van der Waals surface area (Å²) < 4.78 is 5.62. The minimum Gasteiger partial charge on any atom is -0.464 e. The summed E-state index contributed by atoms with van der Waals surface area (Å²) in [6, 6.07) is 6.44. The lowest BCUT2D eigenvalue weighted by Crippen LogP contribution is -2.20. The van der Waals surface area contributed by atoms with E-state index in [0.29, 0.717) is 0 Å². The Balaban J connectivity index is 1.95. The van der Waals surface area contributed by atoms with Crippen LogP contribution in [0, 0.1) is 0 Å². The van der Waals surface area contributed by atoms with Crippen LogP contribution < -0.4 is 0 Å². The van der Waals surface area contributed by atoms with Crippen LogP contribution in [0.3, 0.4) is 0 Å². The molecule has 4 rings (SSSR count). The van der Waals surface area contributed by atoms with Crippen molar-refractivity contribution in [1.29, 1.82) is 0 Å². The largest absolute Gasteiger partial charge is 0.464 e. The third-order valence-corrected chi connectivity index (χ3v) is 5.42. The van der Waals surface area contributed by atoms with E-state index in [1.54, 1.807) is 29.8 Å². The van der Waals surface area contributed by atoms with Crippen molar-refractivity contribution in [3.8, 4) is 0 Å². The average Bonchev–Trinajstić information content (AvgIpc) is 3.12. The van der Waals surface area contributed by atoms with Gasteiger partial charge in [0.25, 0.3) is 0 Å². The van der Waals surface area contributed by atoms with Gasteiger partial charge in [-0.2, -0.15) is 0 Å². The molecule has 2 aliphatic heterocycles. The first-order valence-corrected chi connectivity index (χ1v) is 8.58. The van der Waals surface area contributed by atoms with E-state index in [0.717, 1.165) is 23.8 Å². The lowest BCUT2D eigenvalue weighted by molar-refractivity contribution is 0.614. The summed E-state index contributed by atoms with van der Waals surface area (Å²) in [5.74, 6) is 0. The van der Waals surface area contributed by atoms with Crippen molar-refractivity contribution >= 4 is 45.4 Å². The van der Waals surface area contributed by atoms with Gasteiger partial charge in [-0.15, -0.1) is 11.8 Å². The Morgan fingerprint density at radius 2 is 2.30 bits per heavy atom. The number of rotatable bonds is 2. The predicted octanol–water partition coefficient (Wildman–Crippen LogP) is 4.26. The van der Waals surface area contributed by atoms with Gasteiger partial charge in [-0.1, -0.05) is 11.8 Å². The van der Waals surface area contributed by atoms with Crippen LogP contribution in [0.15, 0.2) is 43.7 Å². The van der Waals surface area contributed by atoms with Gasteiger partial charge in [0.2, 0.25) is 0 Å². The topological polar surface area (TPSA) is 28.7 Å². The molecule has 0 N–H and O–H groups in total. The zero-order valence-corrected chi connectivity index (χ0v) is 13.0. The summed E-state index contributed by atoms with van der Waals surface area (Å²) >= 11 is 3.53. The van der Waals surface area contributed by atoms with Crippen molar-refractivity contribution in [2.45, 2.75) is 11.8 Å². The number of benzene rings is 1. The molecule has 0 fully saturated rings. The molecule has 1 aromatic heterocycles. The van der Waals surface area contributed by atoms with Crippen molar-refractivity contribution in [3.63, 3.8) is 0 Å². The number of fused-ring (bicyclic) bond motifs is 2. The second-order valence-corrected chi connectivity index (χ2v) is 6.89. The Kier molecular flexibility index (Phi) is 2.86. The van der Waals surface area contributed by atoms with Crippen LogP contribution in [0.25, 0.3) is 16.7 Å². The fourth-order valence-electron chi connectivity index (χ4n) is 2.79. The normalized spacial score (nSPS) is 18.1. The zero-order valence-electron chi connectivity index (χ0n) is 11.3. The van der Waals surface area contributed by atoms with Crippen molar-refractivity contribution in [2.75, 3.05) is 19.3 Å². The Bertz CT molecular complexity index is 760. The molecule has 0 unspecified atom stereocenters. The van der Waals surface area contributed by atoms with Crippen LogP contribution >= 0.6 is 23.5 Å². The fourth-order valence-corrected chi connectivity index (χ4v) is 4.29. The molecule has 0 radical (unpaired) electrons. The van der Waals surface area contributed by atoms with Gasteiger partial charge in [-0.05, 0) is 31.4 Å². The number of aliphatic imine (C=N–C) groups is 1. The third kappa shape index (κ3) is 1.73. The molecule has 0 amide bonds. The molecule has 102 valence electrons. The second kappa shape index (κ2) is 4.60. The highest BCUT2D eigenvalue weighted by Crippen LogP contribution is 2.44.